The van der Waals surface area contributed by atoms with Crippen molar-refractivity contribution in [2.24, 2.45) is 10.9 Å². The SMILES string of the molecule is CCNC(=NCC(C(CC)CC)N1CCOCC1)NCCCCOCC.I. The van der Waals surface area contributed by atoms with Gasteiger partial charge in [-0.1, -0.05) is 26.7 Å². The lowest BCUT2D eigenvalue weighted by Crippen LogP contribution is -2.49. The topological polar surface area (TPSA) is 58.1 Å². The van der Waals surface area contributed by atoms with E-state index in [0.717, 1.165) is 78.0 Å². The maximum absolute atomic E-state index is 5.54. The van der Waals surface area contributed by atoms with Crippen molar-refractivity contribution in [3.8, 4) is 0 Å². The Kier molecular flexibility index (Phi) is 17.9. The van der Waals surface area contributed by atoms with Crippen molar-refractivity contribution in [3.63, 3.8) is 0 Å². The molecule has 1 atom stereocenters. The second-order valence-corrected chi connectivity index (χ2v) is 6.84. The average molecular weight is 498 g/mol. The van der Waals surface area contributed by atoms with Gasteiger partial charge in [0.05, 0.1) is 19.8 Å². The fraction of sp³-hybridized carbons (Fsp3) is 0.950. The summed E-state index contributed by atoms with van der Waals surface area (Å²) in [7, 11) is 0. The molecule has 0 bridgehead atoms. The third-order valence-electron chi connectivity index (χ3n) is 5.10. The van der Waals surface area contributed by atoms with Gasteiger partial charge in [-0.15, -0.1) is 24.0 Å². The Morgan fingerprint density at radius 1 is 1.07 bits per heavy atom. The molecule has 7 heteroatoms. The van der Waals surface area contributed by atoms with Crippen LogP contribution in [0.5, 0.6) is 0 Å². The molecule has 0 radical (unpaired) electrons. The van der Waals surface area contributed by atoms with Crippen LogP contribution in [-0.4, -0.2) is 76.1 Å². The molecule has 0 aromatic heterocycles. The summed E-state index contributed by atoms with van der Waals surface area (Å²) >= 11 is 0. The van der Waals surface area contributed by atoms with Crippen LogP contribution in [0.2, 0.25) is 0 Å². The first-order valence-corrected chi connectivity index (χ1v) is 10.7. The number of rotatable bonds is 13. The highest BCUT2D eigenvalue weighted by Gasteiger charge is 2.26. The Morgan fingerprint density at radius 2 is 1.78 bits per heavy atom. The normalized spacial score (nSPS) is 16.9. The molecule has 6 nitrogen and oxygen atoms in total. The summed E-state index contributed by atoms with van der Waals surface area (Å²) in [6.07, 6.45) is 4.60. The molecule has 0 spiro atoms. The lowest BCUT2D eigenvalue weighted by Gasteiger charge is -2.38. The predicted molar refractivity (Wildman–Crippen MR) is 125 cm³/mol. The van der Waals surface area contributed by atoms with Gasteiger partial charge >= 0.3 is 0 Å². The highest BCUT2D eigenvalue weighted by atomic mass is 127. The molecule has 1 saturated heterocycles. The van der Waals surface area contributed by atoms with Gasteiger partial charge in [0.1, 0.15) is 0 Å². The van der Waals surface area contributed by atoms with Gasteiger partial charge in [-0.3, -0.25) is 9.89 Å². The molecular weight excluding hydrogens is 455 g/mol. The quantitative estimate of drug-likeness (QED) is 0.177. The Bertz CT molecular complexity index is 362. The minimum Gasteiger partial charge on any atom is -0.382 e. The van der Waals surface area contributed by atoms with Gasteiger partial charge in [0.25, 0.3) is 0 Å². The molecule has 1 heterocycles. The van der Waals surface area contributed by atoms with Crippen LogP contribution in [0, 0.1) is 5.92 Å². The van der Waals surface area contributed by atoms with Crippen LogP contribution in [0.3, 0.4) is 0 Å². The number of guanidine groups is 1. The van der Waals surface area contributed by atoms with Gasteiger partial charge in [-0.25, -0.2) is 0 Å². The molecule has 162 valence electrons. The number of nitrogens with zero attached hydrogens (tertiary/aromatic N) is 2. The van der Waals surface area contributed by atoms with Crippen LogP contribution < -0.4 is 10.6 Å². The molecule has 0 aromatic carbocycles. The van der Waals surface area contributed by atoms with Crippen molar-refractivity contribution in [2.75, 3.05) is 59.2 Å². The molecule has 0 amide bonds. The molecule has 0 saturated carbocycles. The highest BCUT2D eigenvalue weighted by molar-refractivity contribution is 14.0. The van der Waals surface area contributed by atoms with E-state index in [0.29, 0.717) is 12.0 Å². The van der Waals surface area contributed by atoms with Crippen molar-refractivity contribution in [1.29, 1.82) is 0 Å². The fourth-order valence-corrected chi connectivity index (χ4v) is 3.51. The van der Waals surface area contributed by atoms with Crippen LogP contribution >= 0.6 is 24.0 Å². The molecule has 27 heavy (non-hydrogen) atoms. The van der Waals surface area contributed by atoms with Gasteiger partial charge in [0.15, 0.2) is 5.96 Å². The van der Waals surface area contributed by atoms with E-state index < -0.39 is 0 Å². The molecule has 1 fully saturated rings. The summed E-state index contributed by atoms with van der Waals surface area (Å²) in [6.45, 7) is 16.8. The van der Waals surface area contributed by atoms with Gasteiger partial charge in [0.2, 0.25) is 0 Å². The van der Waals surface area contributed by atoms with E-state index in [-0.39, 0.29) is 24.0 Å². The van der Waals surface area contributed by atoms with E-state index >= 15 is 0 Å². The summed E-state index contributed by atoms with van der Waals surface area (Å²) < 4.78 is 10.9. The Morgan fingerprint density at radius 3 is 2.37 bits per heavy atom. The number of aliphatic imine (C=N–C) groups is 1. The van der Waals surface area contributed by atoms with E-state index in [9.17, 15) is 0 Å². The zero-order valence-corrected chi connectivity index (χ0v) is 20.3. The molecule has 0 aliphatic carbocycles. The third kappa shape index (κ3) is 11.5. The number of hydrogen-bond donors (Lipinski definition) is 2. The number of morpholine rings is 1. The maximum atomic E-state index is 5.54. The van der Waals surface area contributed by atoms with Crippen molar-refractivity contribution in [2.45, 2.75) is 59.4 Å². The average Bonchev–Trinajstić information content (AvgIpc) is 2.68. The van der Waals surface area contributed by atoms with Crippen LogP contribution in [0.15, 0.2) is 4.99 Å². The third-order valence-corrected chi connectivity index (χ3v) is 5.10. The predicted octanol–water partition coefficient (Wildman–Crippen LogP) is 3.11. The monoisotopic (exact) mass is 498 g/mol. The van der Waals surface area contributed by atoms with E-state index in [4.69, 9.17) is 14.5 Å². The first kappa shape index (κ1) is 26.9. The maximum Gasteiger partial charge on any atom is 0.191 e. The number of hydrogen-bond acceptors (Lipinski definition) is 4. The molecule has 1 aliphatic heterocycles. The summed E-state index contributed by atoms with van der Waals surface area (Å²) in [5.41, 5.74) is 0. The van der Waals surface area contributed by atoms with Gasteiger partial charge < -0.3 is 20.1 Å². The van der Waals surface area contributed by atoms with Crippen molar-refractivity contribution >= 4 is 29.9 Å². The zero-order chi connectivity index (χ0) is 19.0. The summed E-state index contributed by atoms with van der Waals surface area (Å²) in [5.74, 6) is 1.62. The zero-order valence-electron chi connectivity index (χ0n) is 18.0. The van der Waals surface area contributed by atoms with E-state index in [1.54, 1.807) is 0 Å². The van der Waals surface area contributed by atoms with Crippen molar-refractivity contribution in [3.05, 3.63) is 0 Å². The Balaban J connectivity index is 0.00000676. The van der Waals surface area contributed by atoms with Crippen LogP contribution in [-0.2, 0) is 9.47 Å². The second-order valence-electron chi connectivity index (χ2n) is 6.84. The van der Waals surface area contributed by atoms with Crippen LogP contribution in [0.25, 0.3) is 0 Å². The molecule has 1 unspecified atom stereocenters. The van der Waals surface area contributed by atoms with E-state index in [1.165, 1.54) is 12.8 Å². The highest BCUT2D eigenvalue weighted by Crippen LogP contribution is 2.20. The van der Waals surface area contributed by atoms with Crippen LogP contribution in [0.1, 0.15) is 53.4 Å². The number of nitrogens with one attached hydrogen (secondary N) is 2. The first-order valence-electron chi connectivity index (χ1n) is 10.7. The smallest absolute Gasteiger partial charge is 0.191 e. The molecule has 2 N–H and O–H groups in total. The van der Waals surface area contributed by atoms with Crippen molar-refractivity contribution < 1.29 is 9.47 Å². The summed E-state index contributed by atoms with van der Waals surface area (Å²) in [6, 6.07) is 0.502. The van der Waals surface area contributed by atoms with E-state index in [2.05, 4.69) is 36.3 Å². The second kappa shape index (κ2) is 17.9. The Labute approximate surface area is 184 Å². The molecular formula is C20H43IN4O2. The summed E-state index contributed by atoms with van der Waals surface area (Å²) in [4.78, 5) is 7.50. The van der Waals surface area contributed by atoms with Gasteiger partial charge in [-0.2, -0.15) is 0 Å². The van der Waals surface area contributed by atoms with E-state index in [1.807, 2.05) is 6.92 Å². The number of halogens is 1. The Hall–Kier alpha value is -0.120. The fourth-order valence-electron chi connectivity index (χ4n) is 3.51. The largest absolute Gasteiger partial charge is 0.382 e. The van der Waals surface area contributed by atoms with Gasteiger partial charge in [-0.05, 0) is 32.6 Å². The molecule has 0 aromatic rings. The lowest BCUT2D eigenvalue weighted by molar-refractivity contribution is 0.00395. The van der Waals surface area contributed by atoms with Crippen LogP contribution in [0.4, 0.5) is 0 Å². The molecule has 1 aliphatic rings. The number of unbranched alkanes of at least 4 members (excludes halogenated alkanes) is 1. The van der Waals surface area contributed by atoms with Gasteiger partial charge in [0, 0.05) is 45.4 Å². The summed E-state index contributed by atoms with van der Waals surface area (Å²) in [5, 5.41) is 6.85. The van der Waals surface area contributed by atoms with Crippen molar-refractivity contribution in [1.82, 2.24) is 15.5 Å². The standard InChI is InChI=1S/C20H42N4O2.HI/c1-5-18(6-2)19(24-12-15-26-16-13-24)17-23-20(21-7-3)22-11-9-10-14-25-8-4;/h18-19H,5-17H2,1-4H3,(H2,21,22,23);1H. The molecule has 1 rings (SSSR count). The lowest BCUT2D eigenvalue weighted by atomic mass is 9.92. The minimum absolute atomic E-state index is 0. The number of ether oxygens (including phenoxy) is 2. The minimum atomic E-state index is 0. The first-order chi connectivity index (χ1) is 12.8.